The Bertz CT molecular complexity index is 916. The Hall–Kier alpha value is -2.57. The van der Waals surface area contributed by atoms with Gasteiger partial charge in [0.15, 0.2) is 0 Å². The molecule has 7 heteroatoms. The monoisotopic (exact) mass is 455 g/mol. The van der Waals surface area contributed by atoms with Crippen LogP contribution in [0.5, 0.6) is 0 Å². The van der Waals surface area contributed by atoms with Crippen molar-refractivity contribution in [3.63, 3.8) is 0 Å². The molecule has 0 aliphatic carbocycles. The molecule has 2 fully saturated rings. The Kier molecular flexibility index (Phi) is 7.33. The van der Waals surface area contributed by atoms with Gasteiger partial charge in [-0.05, 0) is 67.6 Å². The number of halogens is 1. The van der Waals surface area contributed by atoms with Gasteiger partial charge in [-0.2, -0.15) is 0 Å². The SMILES string of the molecule is O=C(Nc1ccc(NC(=O)C2(c3ccc(Cl)cc3)CCOCC2)cc1)N1CCCCCC1. The second-order valence-corrected chi connectivity index (χ2v) is 9.00. The molecule has 3 amide bonds. The van der Waals surface area contributed by atoms with Crippen LogP contribution < -0.4 is 10.6 Å². The van der Waals surface area contributed by atoms with Gasteiger partial charge in [-0.1, -0.05) is 36.6 Å². The molecule has 2 aliphatic heterocycles. The molecule has 2 saturated heterocycles. The van der Waals surface area contributed by atoms with E-state index in [0.717, 1.165) is 37.2 Å². The fourth-order valence-electron chi connectivity index (χ4n) is 4.50. The number of urea groups is 1. The van der Waals surface area contributed by atoms with Crippen molar-refractivity contribution in [2.24, 2.45) is 0 Å². The van der Waals surface area contributed by atoms with Crippen molar-refractivity contribution in [3.05, 3.63) is 59.1 Å². The van der Waals surface area contributed by atoms with Crippen molar-refractivity contribution in [2.45, 2.75) is 43.9 Å². The van der Waals surface area contributed by atoms with Crippen molar-refractivity contribution in [1.82, 2.24) is 4.90 Å². The molecular weight excluding hydrogens is 426 g/mol. The quantitative estimate of drug-likeness (QED) is 0.645. The summed E-state index contributed by atoms with van der Waals surface area (Å²) >= 11 is 6.06. The van der Waals surface area contributed by atoms with Crippen LogP contribution in [0, 0.1) is 0 Å². The summed E-state index contributed by atoms with van der Waals surface area (Å²) in [6.45, 7) is 2.68. The molecule has 0 aromatic heterocycles. The highest BCUT2D eigenvalue weighted by Crippen LogP contribution is 2.36. The summed E-state index contributed by atoms with van der Waals surface area (Å²) in [6, 6.07) is 14.7. The molecule has 2 aliphatic rings. The van der Waals surface area contributed by atoms with E-state index in [0.29, 0.717) is 36.8 Å². The number of ether oxygens (including phenoxy) is 1. The number of carbonyl (C=O) groups is 2. The molecule has 0 saturated carbocycles. The van der Waals surface area contributed by atoms with E-state index in [4.69, 9.17) is 16.3 Å². The number of anilines is 2. The average molecular weight is 456 g/mol. The third-order valence-electron chi connectivity index (χ3n) is 6.47. The molecule has 2 aromatic rings. The van der Waals surface area contributed by atoms with Crippen LogP contribution in [0.4, 0.5) is 16.2 Å². The summed E-state index contributed by atoms with van der Waals surface area (Å²) < 4.78 is 5.53. The van der Waals surface area contributed by atoms with E-state index in [1.807, 2.05) is 53.4 Å². The molecule has 2 N–H and O–H groups in total. The number of rotatable bonds is 4. The maximum Gasteiger partial charge on any atom is 0.321 e. The average Bonchev–Trinajstić information content (AvgIpc) is 3.11. The molecule has 0 spiro atoms. The Morgan fingerprint density at radius 1 is 0.812 bits per heavy atom. The molecule has 170 valence electrons. The van der Waals surface area contributed by atoms with Crippen molar-refractivity contribution < 1.29 is 14.3 Å². The first kappa shape index (κ1) is 22.6. The van der Waals surface area contributed by atoms with E-state index in [9.17, 15) is 9.59 Å². The van der Waals surface area contributed by atoms with E-state index in [1.54, 1.807) is 0 Å². The zero-order valence-corrected chi connectivity index (χ0v) is 19.0. The minimum absolute atomic E-state index is 0.0514. The number of amides is 3. The second-order valence-electron chi connectivity index (χ2n) is 8.56. The van der Waals surface area contributed by atoms with Gasteiger partial charge in [0, 0.05) is 42.7 Å². The van der Waals surface area contributed by atoms with E-state index >= 15 is 0 Å². The van der Waals surface area contributed by atoms with Crippen LogP contribution in [0.1, 0.15) is 44.1 Å². The zero-order valence-electron chi connectivity index (χ0n) is 18.2. The largest absolute Gasteiger partial charge is 0.381 e. The third-order valence-corrected chi connectivity index (χ3v) is 6.72. The predicted molar refractivity (Wildman–Crippen MR) is 127 cm³/mol. The topological polar surface area (TPSA) is 70.7 Å². The second kappa shape index (κ2) is 10.4. The smallest absolute Gasteiger partial charge is 0.321 e. The third kappa shape index (κ3) is 5.25. The molecule has 32 heavy (non-hydrogen) atoms. The summed E-state index contributed by atoms with van der Waals surface area (Å²) in [5.41, 5.74) is 1.71. The minimum Gasteiger partial charge on any atom is -0.381 e. The molecule has 0 atom stereocenters. The molecule has 6 nitrogen and oxygen atoms in total. The predicted octanol–water partition coefficient (Wildman–Crippen LogP) is 5.43. The lowest BCUT2D eigenvalue weighted by atomic mass is 9.73. The maximum absolute atomic E-state index is 13.4. The lowest BCUT2D eigenvalue weighted by Crippen LogP contribution is -2.44. The summed E-state index contributed by atoms with van der Waals surface area (Å²) in [5, 5.41) is 6.68. The maximum atomic E-state index is 13.4. The van der Waals surface area contributed by atoms with Crippen LogP contribution in [-0.2, 0) is 14.9 Å². The number of nitrogens with zero attached hydrogens (tertiary/aromatic N) is 1. The molecule has 2 aromatic carbocycles. The fourth-order valence-corrected chi connectivity index (χ4v) is 4.63. The summed E-state index contributed by atoms with van der Waals surface area (Å²) in [5.74, 6) is -0.0514. The number of hydrogen-bond donors (Lipinski definition) is 2. The van der Waals surface area contributed by atoms with Gasteiger partial charge in [-0.15, -0.1) is 0 Å². The first-order chi connectivity index (χ1) is 15.6. The summed E-state index contributed by atoms with van der Waals surface area (Å²) in [4.78, 5) is 27.8. The van der Waals surface area contributed by atoms with Crippen molar-refractivity contribution in [1.29, 1.82) is 0 Å². The number of likely N-dealkylation sites (tertiary alicyclic amines) is 1. The van der Waals surface area contributed by atoms with Gasteiger partial charge in [0.25, 0.3) is 0 Å². The Balaban J connectivity index is 1.43. The first-order valence-corrected chi connectivity index (χ1v) is 11.8. The summed E-state index contributed by atoms with van der Waals surface area (Å²) in [6.07, 6.45) is 5.70. The Morgan fingerprint density at radius 2 is 1.38 bits per heavy atom. The number of carbonyl (C=O) groups excluding carboxylic acids is 2. The minimum atomic E-state index is -0.650. The van der Waals surface area contributed by atoms with Gasteiger partial charge in [-0.25, -0.2) is 4.79 Å². The van der Waals surface area contributed by atoms with E-state index in [2.05, 4.69) is 10.6 Å². The molecule has 0 radical (unpaired) electrons. The highest BCUT2D eigenvalue weighted by atomic mass is 35.5. The highest BCUT2D eigenvalue weighted by molar-refractivity contribution is 6.30. The van der Waals surface area contributed by atoms with Gasteiger partial charge < -0.3 is 20.3 Å². The van der Waals surface area contributed by atoms with Crippen LogP contribution in [-0.4, -0.2) is 43.1 Å². The summed E-state index contributed by atoms with van der Waals surface area (Å²) in [7, 11) is 0. The molecular formula is C25H30ClN3O3. The van der Waals surface area contributed by atoms with Crippen molar-refractivity contribution in [3.8, 4) is 0 Å². The van der Waals surface area contributed by atoms with Gasteiger partial charge in [-0.3, -0.25) is 4.79 Å². The fraction of sp³-hybridized carbons (Fsp3) is 0.440. The molecule has 0 unspecified atom stereocenters. The lowest BCUT2D eigenvalue weighted by Gasteiger charge is -2.36. The number of hydrogen-bond acceptors (Lipinski definition) is 3. The lowest BCUT2D eigenvalue weighted by molar-refractivity contribution is -0.125. The van der Waals surface area contributed by atoms with E-state index < -0.39 is 5.41 Å². The first-order valence-electron chi connectivity index (χ1n) is 11.4. The zero-order chi connectivity index (χ0) is 22.4. The van der Waals surface area contributed by atoms with Crippen LogP contribution in [0.15, 0.2) is 48.5 Å². The highest BCUT2D eigenvalue weighted by Gasteiger charge is 2.41. The van der Waals surface area contributed by atoms with Gasteiger partial charge >= 0.3 is 6.03 Å². The van der Waals surface area contributed by atoms with Crippen LogP contribution in [0.3, 0.4) is 0 Å². The van der Waals surface area contributed by atoms with Crippen molar-refractivity contribution in [2.75, 3.05) is 36.9 Å². The van der Waals surface area contributed by atoms with Crippen LogP contribution >= 0.6 is 11.6 Å². The number of benzene rings is 2. The van der Waals surface area contributed by atoms with Gasteiger partial charge in [0.2, 0.25) is 5.91 Å². The van der Waals surface area contributed by atoms with Crippen molar-refractivity contribution >= 4 is 34.9 Å². The number of nitrogens with one attached hydrogen (secondary N) is 2. The standard InChI is InChI=1S/C25H30ClN3O3/c26-20-7-5-19(6-8-20)25(13-17-32-18-14-25)23(30)27-21-9-11-22(12-10-21)28-24(31)29-15-3-1-2-4-16-29/h5-12H,1-4,13-18H2,(H,27,30)(H,28,31). The molecule has 4 rings (SSSR count). The van der Waals surface area contributed by atoms with Gasteiger partial charge in [0.05, 0.1) is 5.41 Å². The normalized spacial score (nSPS) is 18.5. The Labute approximate surface area is 194 Å². The Morgan fingerprint density at radius 3 is 1.97 bits per heavy atom. The van der Waals surface area contributed by atoms with E-state index in [1.165, 1.54) is 12.8 Å². The molecule has 0 bridgehead atoms. The van der Waals surface area contributed by atoms with Gasteiger partial charge in [0.1, 0.15) is 0 Å². The molecule has 2 heterocycles. The van der Waals surface area contributed by atoms with Crippen LogP contribution in [0.25, 0.3) is 0 Å². The van der Waals surface area contributed by atoms with E-state index in [-0.39, 0.29) is 11.9 Å². The van der Waals surface area contributed by atoms with Crippen LogP contribution in [0.2, 0.25) is 5.02 Å².